The highest BCUT2D eigenvalue weighted by molar-refractivity contribution is 6.01. The fourth-order valence-corrected chi connectivity index (χ4v) is 3.09. The lowest BCUT2D eigenvalue weighted by atomic mass is 10.2. The van der Waals surface area contributed by atoms with E-state index in [2.05, 4.69) is 15.5 Å². The number of hydrogen-bond acceptors (Lipinski definition) is 4. The molecule has 142 valence electrons. The zero-order valence-electron chi connectivity index (χ0n) is 14.7. The number of benzene rings is 2. The maximum atomic E-state index is 13.5. The molecule has 0 spiro atoms. The number of piperazine rings is 1. The number of carbonyl (C=O) groups excluding carboxylic acids is 2. The minimum atomic E-state index is -0.752. The number of hydrogen-bond donors (Lipinski definition) is 4. The van der Waals surface area contributed by atoms with Gasteiger partial charge < -0.3 is 20.2 Å². The van der Waals surface area contributed by atoms with Crippen molar-refractivity contribution in [2.45, 2.75) is 0 Å². The summed E-state index contributed by atoms with van der Waals surface area (Å²) in [6, 6.07) is 12.2. The molecule has 1 aliphatic rings. The summed E-state index contributed by atoms with van der Waals surface area (Å²) >= 11 is 0. The number of urea groups is 1. The average molecular weight is 373 g/mol. The van der Waals surface area contributed by atoms with Crippen molar-refractivity contribution >= 4 is 23.3 Å². The number of phenolic OH excluding ortho intramolecular Hbond substituents is 1. The van der Waals surface area contributed by atoms with Crippen LogP contribution in [0.1, 0.15) is 0 Å². The van der Waals surface area contributed by atoms with Crippen LogP contribution in [0, 0.1) is 5.82 Å². The smallest absolute Gasteiger partial charge is 0.326 e. The van der Waals surface area contributed by atoms with Crippen LogP contribution in [0.3, 0.4) is 0 Å². The van der Waals surface area contributed by atoms with E-state index < -0.39 is 17.8 Å². The van der Waals surface area contributed by atoms with Crippen LogP contribution >= 0.6 is 0 Å². The SMILES string of the molecule is O=C(C[NH+]1CCN(c2ccccc2O)CC1)NC(=O)Nc1ccccc1F. The van der Waals surface area contributed by atoms with Crippen LogP contribution in [0.4, 0.5) is 20.6 Å². The number of carbonyl (C=O) groups is 2. The van der Waals surface area contributed by atoms with Crippen molar-refractivity contribution < 1.29 is 24.0 Å². The summed E-state index contributed by atoms with van der Waals surface area (Å²) in [5.41, 5.74) is 0.802. The Hall–Kier alpha value is -3.13. The van der Waals surface area contributed by atoms with Crippen LogP contribution < -0.4 is 20.4 Å². The second-order valence-corrected chi connectivity index (χ2v) is 6.38. The van der Waals surface area contributed by atoms with E-state index in [0.717, 1.165) is 10.6 Å². The number of rotatable bonds is 4. The van der Waals surface area contributed by atoms with Crippen molar-refractivity contribution in [3.63, 3.8) is 0 Å². The second-order valence-electron chi connectivity index (χ2n) is 6.38. The Labute approximate surface area is 156 Å². The maximum Gasteiger partial charge on any atom is 0.326 e. The Morgan fingerprint density at radius 1 is 1.07 bits per heavy atom. The summed E-state index contributed by atoms with van der Waals surface area (Å²) in [6.07, 6.45) is 0. The summed E-state index contributed by atoms with van der Waals surface area (Å²) in [4.78, 5) is 27.0. The molecule has 1 heterocycles. The highest BCUT2D eigenvalue weighted by atomic mass is 19.1. The van der Waals surface area contributed by atoms with Gasteiger partial charge in [-0.05, 0) is 24.3 Å². The Balaban J connectivity index is 1.45. The van der Waals surface area contributed by atoms with E-state index in [1.165, 1.54) is 18.2 Å². The van der Waals surface area contributed by atoms with Crippen LogP contribution in [0.2, 0.25) is 0 Å². The van der Waals surface area contributed by atoms with Crippen molar-refractivity contribution in [2.75, 3.05) is 42.9 Å². The van der Waals surface area contributed by atoms with Gasteiger partial charge in [0, 0.05) is 0 Å². The topological polar surface area (TPSA) is 86.1 Å². The summed E-state index contributed by atoms with van der Waals surface area (Å²) < 4.78 is 13.5. The molecule has 4 N–H and O–H groups in total. The predicted molar refractivity (Wildman–Crippen MR) is 99.4 cm³/mol. The van der Waals surface area contributed by atoms with E-state index in [1.807, 2.05) is 12.1 Å². The van der Waals surface area contributed by atoms with Gasteiger partial charge in [-0.3, -0.25) is 10.1 Å². The minimum absolute atomic E-state index is 0.0198. The van der Waals surface area contributed by atoms with E-state index in [4.69, 9.17) is 0 Å². The molecule has 0 aromatic heterocycles. The summed E-state index contributed by atoms with van der Waals surface area (Å²) in [5.74, 6) is -0.746. The Morgan fingerprint density at radius 2 is 1.74 bits per heavy atom. The molecule has 1 aliphatic heterocycles. The molecule has 0 saturated carbocycles. The number of aromatic hydroxyl groups is 1. The number of nitrogens with one attached hydrogen (secondary N) is 3. The van der Waals surface area contributed by atoms with Gasteiger partial charge in [0.2, 0.25) is 0 Å². The fourth-order valence-electron chi connectivity index (χ4n) is 3.09. The lowest BCUT2D eigenvalue weighted by Gasteiger charge is -2.33. The fraction of sp³-hybridized carbons (Fsp3) is 0.263. The zero-order valence-corrected chi connectivity index (χ0v) is 14.7. The summed E-state index contributed by atoms with van der Waals surface area (Å²) in [5, 5.41) is 14.5. The van der Waals surface area contributed by atoms with Crippen LogP contribution in [-0.4, -0.2) is 49.8 Å². The van der Waals surface area contributed by atoms with Gasteiger partial charge >= 0.3 is 6.03 Å². The first-order valence-corrected chi connectivity index (χ1v) is 8.75. The van der Waals surface area contributed by atoms with Gasteiger partial charge in [0.15, 0.2) is 6.54 Å². The first-order valence-electron chi connectivity index (χ1n) is 8.75. The lowest BCUT2D eigenvalue weighted by molar-refractivity contribution is -0.892. The summed E-state index contributed by atoms with van der Waals surface area (Å²) in [6.45, 7) is 2.95. The van der Waals surface area contributed by atoms with E-state index in [0.29, 0.717) is 26.2 Å². The van der Waals surface area contributed by atoms with Gasteiger partial charge in [0.05, 0.1) is 37.6 Å². The maximum absolute atomic E-state index is 13.5. The molecule has 0 bridgehead atoms. The lowest BCUT2D eigenvalue weighted by Crippen LogP contribution is -3.16. The molecule has 1 saturated heterocycles. The van der Waals surface area contributed by atoms with Crippen LogP contribution in [0.15, 0.2) is 48.5 Å². The number of imide groups is 1. The third-order valence-corrected chi connectivity index (χ3v) is 4.48. The highest BCUT2D eigenvalue weighted by Crippen LogP contribution is 2.25. The Kier molecular flexibility index (Phi) is 5.87. The first-order chi connectivity index (χ1) is 13.0. The molecule has 8 heteroatoms. The third-order valence-electron chi connectivity index (χ3n) is 4.48. The van der Waals surface area contributed by atoms with E-state index in [1.54, 1.807) is 18.2 Å². The van der Waals surface area contributed by atoms with Gasteiger partial charge in [-0.1, -0.05) is 24.3 Å². The van der Waals surface area contributed by atoms with Crippen molar-refractivity contribution in [1.29, 1.82) is 0 Å². The monoisotopic (exact) mass is 373 g/mol. The van der Waals surface area contributed by atoms with Crippen molar-refractivity contribution in [2.24, 2.45) is 0 Å². The molecule has 1 fully saturated rings. The standard InChI is InChI=1S/C19H21FN4O3/c20-14-5-1-2-6-15(14)21-19(27)22-18(26)13-23-9-11-24(12-10-23)16-7-3-4-8-17(16)25/h1-8,25H,9-13H2,(H2,21,22,26,27)/p+1. The second kappa shape index (κ2) is 8.50. The Bertz CT molecular complexity index is 822. The van der Waals surface area contributed by atoms with Gasteiger partial charge in [-0.15, -0.1) is 0 Å². The molecule has 27 heavy (non-hydrogen) atoms. The number of phenols is 1. The van der Waals surface area contributed by atoms with E-state index >= 15 is 0 Å². The normalized spacial score (nSPS) is 14.6. The molecule has 0 radical (unpaired) electrons. The van der Waals surface area contributed by atoms with Crippen LogP contribution in [0.5, 0.6) is 5.75 Å². The molecule has 2 aromatic carbocycles. The molecular weight excluding hydrogens is 351 g/mol. The Morgan fingerprint density at radius 3 is 2.44 bits per heavy atom. The average Bonchev–Trinajstić information content (AvgIpc) is 2.65. The predicted octanol–water partition coefficient (Wildman–Crippen LogP) is 0.585. The van der Waals surface area contributed by atoms with Crippen molar-refractivity contribution in [3.8, 4) is 5.75 Å². The number of amides is 3. The molecule has 0 aliphatic carbocycles. The van der Waals surface area contributed by atoms with E-state index in [-0.39, 0.29) is 18.0 Å². The molecular formula is C19H22FN4O3+. The summed E-state index contributed by atoms with van der Waals surface area (Å²) in [7, 11) is 0. The van der Waals surface area contributed by atoms with Gasteiger partial charge in [0.1, 0.15) is 11.6 Å². The number of nitrogens with zero attached hydrogens (tertiary/aromatic N) is 1. The molecule has 3 rings (SSSR count). The molecule has 7 nitrogen and oxygen atoms in total. The first kappa shape index (κ1) is 18.7. The number of para-hydroxylation sites is 3. The van der Waals surface area contributed by atoms with Gasteiger partial charge in [-0.2, -0.15) is 0 Å². The third kappa shape index (κ3) is 4.95. The molecule has 0 unspecified atom stereocenters. The van der Waals surface area contributed by atoms with Crippen LogP contribution in [-0.2, 0) is 4.79 Å². The minimum Gasteiger partial charge on any atom is -0.506 e. The number of halogens is 1. The molecule has 0 atom stereocenters. The van der Waals surface area contributed by atoms with Gasteiger partial charge in [0.25, 0.3) is 5.91 Å². The largest absolute Gasteiger partial charge is 0.506 e. The highest BCUT2D eigenvalue weighted by Gasteiger charge is 2.24. The molecule has 2 aromatic rings. The number of anilines is 2. The zero-order chi connectivity index (χ0) is 19.2. The molecule has 3 amide bonds. The van der Waals surface area contributed by atoms with Crippen LogP contribution in [0.25, 0.3) is 0 Å². The van der Waals surface area contributed by atoms with Gasteiger partial charge in [-0.25, -0.2) is 9.18 Å². The van der Waals surface area contributed by atoms with E-state index in [9.17, 15) is 19.1 Å². The quantitative estimate of drug-likeness (QED) is 0.632. The number of quaternary nitrogens is 1. The van der Waals surface area contributed by atoms with Crippen molar-refractivity contribution in [3.05, 3.63) is 54.3 Å². The van der Waals surface area contributed by atoms with Crippen molar-refractivity contribution in [1.82, 2.24) is 5.32 Å².